The van der Waals surface area contributed by atoms with E-state index >= 15 is 4.39 Å². The van der Waals surface area contributed by atoms with E-state index in [0.29, 0.717) is 62.4 Å². The van der Waals surface area contributed by atoms with Crippen LogP contribution >= 0.6 is 0 Å². The summed E-state index contributed by atoms with van der Waals surface area (Å²) in [5.41, 5.74) is 5.80. The molecule has 0 unspecified atom stereocenters. The second-order valence-corrected chi connectivity index (χ2v) is 15.5. The monoisotopic (exact) mass is 713 g/mol. The van der Waals surface area contributed by atoms with Gasteiger partial charge >= 0.3 is 6.01 Å². The van der Waals surface area contributed by atoms with Crippen LogP contribution < -0.4 is 19.3 Å². The Morgan fingerprint density at radius 3 is 2.69 bits per heavy atom. The zero-order valence-corrected chi connectivity index (χ0v) is 30.4. The molecule has 4 aliphatic heterocycles. The number of rotatable bonds is 10. The second-order valence-electron chi connectivity index (χ2n) is 15.5. The Kier molecular flexibility index (Phi) is 8.93. The van der Waals surface area contributed by atoms with Gasteiger partial charge in [-0.15, -0.1) is 0 Å². The molecule has 2 atom stereocenters. The molecule has 6 heterocycles. The maximum Gasteiger partial charge on any atom is 0.318 e. The molecule has 0 spiro atoms. The molecule has 0 N–H and O–H groups in total. The fourth-order valence-corrected chi connectivity index (χ4v) is 9.39. The number of fused-ring (bicyclic) bond motifs is 4. The van der Waals surface area contributed by atoms with Crippen molar-refractivity contribution in [2.45, 2.75) is 102 Å². The second kappa shape index (κ2) is 13.7. The largest absolute Gasteiger partial charge is 0.467 e. The molecule has 10 nitrogen and oxygen atoms in total. The highest BCUT2D eigenvalue weighted by atomic mass is 19.1. The molecule has 2 saturated heterocycles. The van der Waals surface area contributed by atoms with E-state index in [9.17, 15) is 4.39 Å². The van der Waals surface area contributed by atoms with Crippen LogP contribution in [-0.4, -0.2) is 83.0 Å². The summed E-state index contributed by atoms with van der Waals surface area (Å²) < 4.78 is 49.9. The first-order valence-corrected chi connectivity index (χ1v) is 19.3. The predicted molar refractivity (Wildman–Crippen MR) is 196 cm³/mol. The lowest BCUT2D eigenvalue weighted by Gasteiger charge is -2.35. The predicted octanol–water partition coefficient (Wildman–Crippen LogP) is 6.71. The van der Waals surface area contributed by atoms with Gasteiger partial charge in [-0.2, -0.15) is 15.1 Å². The molecule has 0 radical (unpaired) electrons. The molecular weight excluding hydrogens is 664 g/mol. The summed E-state index contributed by atoms with van der Waals surface area (Å²) in [4.78, 5) is 17.2. The van der Waals surface area contributed by atoms with E-state index in [2.05, 4.69) is 25.6 Å². The summed E-state index contributed by atoms with van der Waals surface area (Å²) in [7, 11) is 1.60. The lowest BCUT2D eigenvalue weighted by molar-refractivity contribution is 0.0512. The normalized spacial score (nSPS) is 23.3. The van der Waals surface area contributed by atoms with Crippen LogP contribution in [0.1, 0.15) is 86.0 Å². The zero-order chi connectivity index (χ0) is 35.4. The quantitative estimate of drug-likeness (QED) is 0.167. The van der Waals surface area contributed by atoms with Gasteiger partial charge in [0.15, 0.2) is 6.79 Å². The van der Waals surface area contributed by atoms with Crippen LogP contribution in [0.25, 0.3) is 10.8 Å². The van der Waals surface area contributed by atoms with Gasteiger partial charge < -0.3 is 24.0 Å². The average Bonchev–Trinajstić information content (AvgIpc) is 3.74. The molecule has 2 aromatic carbocycles. The fraction of sp³-hybridized carbons (Fsp3) is 0.575. The van der Waals surface area contributed by atoms with Crippen molar-refractivity contribution in [1.29, 1.82) is 0 Å². The first-order valence-electron chi connectivity index (χ1n) is 19.3. The molecule has 52 heavy (non-hydrogen) atoms. The van der Waals surface area contributed by atoms with Crippen molar-refractivity contribution < 1.29 is 23.0 Å². The van der Waals surface area contributed by atoms with Crippen molar-refractivity contribution in [2.24, 2.45) is 0 Å². The van der Waals surface area contributed by atoms with Crippen LogP contribution in [0, 0.1) is 5.82 Å². The highest BCUT2D eigenvalue weighted by Gasteiger charge is 2.49. The summed E-state index contributed by atoms with van der Waals surface area (Å²) in [6, 6.07) is 8.19. The number of anilines is 2. The Bertz CT molecular complexity index is 1970. The lowest BCUT2D eigenvalue weighted by Crippen LogP contribution is -2.43. The van der Waals surface area contributed by atoms with Crippen LogP contribution in [0.5, 0.6) is 11.8 Å². The smallest absolute Gasteiger partial charge is 0.318 e. The third-order valence-corrected chi connectivity index (χ3v) is 12.3. The number of aryl methyl sites for hydroxylation is 2. The average molecular weight is 714 g/mol. The van der Waals surface area contributed by atoms with Crippen LogP contribution in [0.4, 0.5) is 20.3 Å². The zero-order valence-electron chi connectivity index (χ0n) is 30.4. The molecule has 9 rings (SSSR count). The fourth-order valence-electron chi connectivity index (χ4n) is 9.39. The van der Waals surface area contributed by atoms with E-state index in [4.69, 9.17) is 29.3 Å². The number of halogens is 2. The van der Waals surface area contributed by atoms with Crippen LogP contribution in [0.2, 0.25) is 0 Å². The van der Waals surface area contributed by atoms with Crippen molar-refractivity contribution in [2.75, 3.05) is 56.5 Å². The van der Waals surface area contributed by atoms with E-state index in [-0.39, 0.29) is 18.1 Å². The number of hydrogen-bond donors (Lipinski definition) is 0. The van der Waals surface area contributed by atoms with Gasteiger partial charge in [-0.1, -0.05) is 13.0 Å². The highest BCUT2D eigenvalue weighted by molar-refractivity contribution is 5.98. The number of nitrogens with zero attached hydrogens (tertiary/aromatic N) is 7. The van der Waals surface area contributed by atoms with Crippen molar-refractivity contribution in [3.05, 3.63) is 64.4 Å². The van der Waals surface area contributed by atoms with E-state index in [1.807, 2.05) is 25.1 Å². The van der Waals surface area contributed by atoms with Gasteiger partial charge in [0.2, 0.25) is 0 Å². The number of methoxy groups -OCH3 is 1. The van der Waals surface area contributed by atoms with Crippen molar-refractivity contribution in [3.8, 4) is 11.8 Å². The molecular formula is C40H49F2N7O3. The standard InChI is InChI=1S/C40H49F2N7O3/c1-3-31-33(42)11-10-26-17-30(52-25-50-2)18-36(37(26)31)46-16-12-32-35(23-46)43-39(51-24-40-13-6-15-48(40)22-28(41)19-40)44-38(32)47-14-5-9-34-27(20-47)21-49(45-34)29-7-4-8-29/h10-11,17-18,21,28-29H,3-9,12-16,19-20,22-25H2,1-2H3/t28-,40+/m1/s1. The van der Waals surface area contributed by atoms with E-state index < -0.39 is 6.17 Å². The first kappa shape index (κ1) is 33.8. The molecule has 4 aromatic rings. The van der Waals surface area contributed by atoms with E-state index in [0.717, 1.165) is 85.3 Å². The number of aromatic nitrogens is 4. The van der Waals surface area contributed by atoms with Gasteiger partial charge in [0.05, 0.1) is 29.5 Å². The number of hydrogen-bond acceptors (Lipinski definition) is 9. The van der Waals surface area contributed by atoms with Crippen LogP contribution in [0.3, 0.4) is 0 Å². The molecule has 5 aliphatic rings. The molecule has 12 heteroatoms. The Labute approximate surface area is 304 Å². The maximum atomic E-state index is 15.3. The maximum absolute atomic E-state index is 15.3. The van der Waals surface area contributed by atoms with Crippen LogP contribution in [0.15, 0.2) is 30.5 Å². The number of benzene rings is 2. The minimum Gasteiger partial charge on any atom is -0.467 e. The molecule has 0 amide bonds. The topological polar surface area (TPSA) is 81.0 Å². The van der Waals surface area contributed by atoms with Gasteiger partial charge in [-0.3, -0.25) is 9.58 Å². The van der Waals surface area contributed by atoms with Crippen LogP contribution in [-0.2, 0) is 37.1 Å². The Morgan fingerprint density at radius 2 is 1.87 bits per heavy atom. The summed E-state index contributed by atoms with van der Waals surface area (Å²) in [5.74, 6) is 1.38. The summed E-state index contributed by atoms with van der Waals surface area (Å²) in [6.45, 7) is 6.67. The van der Waals surface area contributed by atoms with Gasteiger partial charge in [-0.25, -0.2) is 8.78 Å². The molecule has 3 fully saturated rings. The molecule has 1 saturated carbocycles. The van der Waals surface area contributed by atoms with Gasteiger partial charge in [0.1, 0.15) is 30.2 Å². The van der Waals surface area contributed by atoms with Crippen molar-refractivity contribution >= 4 is 22.3 Å². The molecule has 276 valence electrons. The Morgan fingerprint density at radius 1 is 0.962 bits per heavy atom. The minimum atomic E-state index is -0.832. The van der Waals surface area contributed by atoms with Gasteiger partial charge in [0, 0.05) is 74.2 Å². The minimum absolute atomic E-state index is 0.117. The van der Waals surface area contributed by atoms with Gasteiger partial charge in [-0.05, 0) is 87.4 Å². The SMILES string of the molecule is CCc1c(F)ccc2cc(OCOC)cc(N3CCc4c(nc(OC[C@@]56CCCN5C[C@H](F)C6)nc4N4CCCc5nn(C6CCC6)cc5C4)C3)c12. The molecule has 2 aromatic heterocycles. The first-order chi connectivity index (χ1) is 25.4. The number of alkyl halides is 1. The summed E-state index contributed by atoms with van der Waals surface area (Å²) in [5, 5.41) is 6.85. The third-order valence-electron chi connectivity index (χ3n) is 12.3. The van der Waals surface area contributed by atoms with E-state index in [1.54, 1.807) is 13.2 Å². The lowest BCUT2D eigenvalue weighted by atomic mass is 9.93. The highest BCUT2D eigenvalue weighted by Crippen LogP contribution is 2.42. The molecule has 1 aliphatic carbocycles. The van der Waals surface area contributed by atoms with Gasteiger partial charge in [0.25, 0.3) is 0 Å². The molecule has 0 bridgehead atoms. The third kappa shape index (κ3) is 6.05. The van der Waals surface area contributed by atoms with E-state index in [1.165, 1.54) is 30.5 Å². The van der Waals surface area contributed by atoms with Crippen molar-refractivity contribution in [1.82, 2.24) is 24.6 Å². The Balaban J connectivity index is 1.09. The van der Waals surface area contributed by atoms with Crippen molar-refractivity contribution in [3.63, 3.8) is 0 Å². The Hall–Kier alpha value is -4.03. The number of ether oxygens (including phenoxy) is 3. The summed E-state index contributed by atoms with van der Waals surface area (Å²) >= 11 is 0. The summed E-state index contributed by atoms with van der Waals surface area (Å²) in [6.07, 6.45) is 10.8.